The molecule has 0 aliphatic carbocycles. The minimum Gasteiger partial charge on any atom is -0.508 e. The molecule has 2 N–H and O–H groups in total. The number of anilines is 1. The van der Waals surface area contributed by atoms with Gasteiger partial charge in [0, 0.05) is 0 Å². The number of para-hydroxylation sites is 1. The Morgan fingerprint density at radius 1 is 1.00 bits per heavy atom. The first kappa shape index (κ1) is 11.2. The molecular formula is C14H14N2O. The lowest BCUT2D eigenvalue weighted by atomic mass is 10.1. The standard InChI is InChI=1S/C14H14N2O/c1-11(12-7-9-14(17)10-8-12)15-16-13-5-3-2-4-6-13/h2-10,16-17H,1H3. The van der Waals surface area contributed by atoms with Gasteiger partial charge >= 0.3 is 0 Å². The Labute approximate surface area is 100 Å². The van der Waals surface area contributed by atoms with Crippen LogP contribution in [0.1, 0.15) is 12.5 Å². The Kier molecular flexibility index (Phi) is 3.40. The van der Waals surface area contributed by atoms with Crippen LogP contribution >= 0.6 is 0 Å². The Balaban J connectivity index is 2.10. The molecule has 0 saturated heterocycles. The highest BCUT2D eigenvalue weighted by molar-refractivity contribution is 5.99. The molecule has 0 aliphatic rings. The monoisotopic (exact) mass is 226 g/mol. The molecule has 2 aromatic carbocycles. The molecule has 2 aromatic rings. The lowest BCUT2D eigenvalue weighted by Crippen LogP contribution is -1.99. The number of hydrazone groups is 1. The molecule has 0 amide bonds. The fraction of sp³-hybridized carbons (Fsp3) is 0.0714. The highest BCUT2D eigenvalue weighted by atomic mass is 16.3. The molecule has 0 heterocycles. The molecule has 2 rings (SSSR count). The number of nitrogens with zero attached hydrogens (tertiary/aromatic N) is 1. The predicted octanol–water partition coefficient (Wildman–Crippen LogP) is 3.23. The maximum absolute atomic E-state index is 9.19. The Morgan fingerprint density at radius 3 is 2.29 bits per heavy atom. The summed E-state index contributed by atoms with van der Waals surface area (Å²) < 4.78 is 0. The molecule has 0 bridgehead atoms. The molecule has 0 spiro atoms. The lowest BCUT2D eigenvalue weighted by molar-refractivity contribution is 0.475. The highest BCUT2D eigenvalue weighted by Gasteiger charge is 1.97. The molecular weight excluding hydrogens is 212 g/mol. The van der Waals surface area contributed by atoms with Gasteiger partial charge in [0.1, 0.15) is 5.75 Å². The van der Waals surface area contributed by atoms with Gasteiger partial charge in [-0.1, -0.05) is 18.2 Å². The van der Waals surface area contributed by atoms with Gasteiger partial charge in [0.15, 0.2) is 0 Å². The number of benzene rings is 2. The van der Waals surface area contributed by atoms with E-state index >= 15 is 0 Å². The second-order valence-electron chi connectivity index (χ2n) is 3.72. The largest absolute Gasteiger partial charge is 0.508 e. The van der Waals surface area contributed by atoms with Crippen LogP contribution in [0.4, 0.5) is 5.69 Å². The zero-order valence-electron chi connectivity index (χ0n) is 9.59. The van der Waals surface area contributed by atoms with E-state index in [0.29, 0.717) is 0 Å². The van der Waals surface area contributed by atoms with Crippen molar-refractivity contribution in [2.45, 2.75) is 6.92 Å². The van der Waals surface area contributed by atoms with Crippen LogP contribution in [0.3, 0.4) is 0 Å². The number of rotatable bonds is 3. The minimum absolute atomic E-state index is 0.262. The van der Waals surface area contributed by atoms with E-state index in [1.807, 2.05) is 49.4 Å². The average molecular weight is 226 g/mol. The average Bonchev–Trinajstić information content (AvgIpc) is 2.38. The predicted molar refractivity (Wildman–Crippen MR) is 70.4 cm³/mol. The molecule has 0 fully saturated rings. The van der Waals surface area contributed by atoms with Gasteiger partial charge in [-0.15, -0.1) is 0 Å². The number of aromatic hydroxyl groups is 1. The maximum atomic E-state index is 9.19. The third-order valence-electron chi connectivity index (χ3n) is 2.41. The van der Waals surface area contributed by atoms with E-state index in [-0.39, 0.29) is 5.75 Å². The second-order valence-corrected chi connectivity index (χ2v) is 3.72. The summed E-state index contributed by atoms with van der Waals surface area (Å²) >= 11 is 0. The number of hydrogen-bond donors (Lipinski definition) is 2. The molecule has 0 atom stereocenters. The van der Waals surface area contributed by atoms with Gasteiger partial charge in [-0.05, 0) is 48.9 Å². The van der Waals surface area contributed by atoms with Crippen LogP contribution in [0, 0.1) is 0 Å². The van der Waals surface area contributed by atoms with Gasteiger partial charge in [0.25, 0.3) is 0 Å². The van der Waals surface area contributed by atoms with E-state index in [1.54, 1.807) is 12.1 Å². The fourth-order valence-corrected chi connectivity index (χ4v) is 1.43. The van der Waals surface area contributed by atoms with Gasteiger partial charge in [-0.2, -0.15) is 5.10 Å². The van der Waals surface area contributed by atoms with Gasteiger partial charge < -0.3 is 5.11 Å². The molecule has 3 heteroatoms. The van der Waals surface area contributed by atoms with E-state index < -0.39 is 0 Å². The number of hydrogen-bond acceptors (Lipinski definition) is 3. The normalized spacial score (nSPS) is 11.2. The van der Waals surface area contributed by atoms with Crippen LogP contribution in [0.2, 0.25) is 0 Å². The summed E-state index contributed by atoms with van der Waals surface area (Å²) in [5, 5.41) is 13.5. The number of nitrogens with one attached hydrogen (secondary N) is 1. The molecule has 0 aliphatic heterocycles. The molecule has 17 heavy (non-hydrogen) atoms. The summed E-state index contributed by atoms with van der Waals surface area (Å²) in [6.45, 7) is 1.92. The summed E-state index contributed by atoms with van der Waals surface area (Å²) in [5.41, 5.74) is 5.78. The maximum Gasteiger partial charge on any atom is 0.115 e. The molecule has 86 valence electrons. The van der Waals surface area contributed by atoms with E-state index in [4.69, 9.17) is 0 Å². The van der Waals surface area contributed by atoms with Crippen molar-refractivity contribution in [1.29, 1.82) is 0 Å². The van der Waals surface area contributed by atoms with Crippen molar-refractivity contribution in [3.8, 4) is 5.75 Å². The molecule has 3 nitrogen and oxygen atoms in total. The number of phenols is 1. The molecule has 0 aromatic heterocycles. The SMILES string of the molecule is CC(=NNc1ccccc1)c1ccc(O)cc1. The Hall–Kier alpha value is -2.29. The summed E-state index contributed by atoms with van der Waals surface area (Å²) in [6, 6.07) is 16.7. The summed E-state index contributed by atoms with van der Waals surface area (Å²) in [4.78, 5) is 0. The highest BCUT2D eigenvalue weighted by Crippen LogP contribution is 2.11. The third-order valence-corrected chi connectivity index (χ3v) is 2.41. The van der Waals surface area contributed by atoms with E-state index in [0.717, 1.165) is 17.0 Å². The van der Waals surface area contributed by atoms with E-state index in [1.165, 1.54) is 0 Å². The quantitative estimate of drug-likeness (QED) is 0.623. The molecule has 0 unspecified atom stereocenters. The minimum atomic E-state index is 0.262. The van der Waals surface area contributed by atoms with E-state index in [9.17, 15) is 5.11 Å². The van der Waals surface area contributed by atoms with Crippen molar-refractivity contribution >= 4 is 11.4 Å². The van der Waals surface area contributed by atoms with Crippen molar-refractivity contribution in [3.05, 3.63) is 60.2 Å². The second kappa shape index (κ2) is 5.16. The zero-order valence-corrected chi connectivity index (χ0v) is 9.59. The van der Waals surface area contributed by atoms with Crippen LogP contribution in [-0.2, 0) is 0 Å². The zero-order chi connectivity index (χ0) is 12.1. The third kappa shape index (κ3) is 3.08. The smallest absolute Gasteiger partial charge is 0.115 e. The van der Waals surface area contributed by atoms with Crippen molar-refractivity contribution < 1.29 is 5.11 Å². The first-order chi connectivity index (χ1) is 8.25. The topological polar surface area (TPSA) is 44.6 Å². The van der Waals surface area contributed by atoms with Crippen LogP contribution < -0.4 is 5.43 Å². The Morgan fingerprint density at radius 2 is 1.65 bits per heavy atom. The van der Waals surface area contributed by atoms with Gasteiger partial charge in [0.2, 0.25) is 0 Å². The first-order valence-electron chi connectivity index (χ1n) is 5.40. The number of phenolic OH excluding ortho intramolecular Hbond substituents is 1. The van der Waals surface area contributed by atoms with Crippen LogP contribution in [0.25, 0.3) is 0 Å². The van der Waals surface area contributed by atoms with Crippen molar-refractivity contribution in [1.82, 2.24) is 0 Å². The van der Waals surface area contributed by atoms with Crippen LogP contribution in [-0.4, -0.2) is 10.8 Å². The van der Waals surface area contributed by atoms with E-state index in [2.05, 4.69) is 10.5 Å². The summed E-state index contributed by atoms with van der Waals surface area (Å²) in [5.74, 6) is 0.262. The summed E-state index contributed by atoms with van der Waals surface area (Å²) in [7, 11) is 0. The van der Waals surface area contributed by atoms with Gasteiger partial charge in [0.05, 0.1) is 11.4 Å². The van der Waals surface area contributed by atoms with Crippen LogP contribution in [0.5, 0.6) is 5.75 Å². The van der Waals surface area contributed by atoms with Crippen molar-refractivity contribution in [2.24, 2.45) is 5.10 Å². The van der Waals surface area contributed by atoms with Crippen molar-refractivity contribution in [2.75, 3.05) is 5.43 Å². The molecule has 0 saturated carbocycles. The lowest BCUT2D eigenvalue weighted by Gasteiger charge is -2.03. The van der Waals surface area contributed by atoms with Crippen LogP contribution in [0.15, 0.2) is 59.7 Å². The Bertz CT molecular complexity index is 504. The summed E-state index contributed by atoms with van der Waals surface area (Å²) in [6.07, 6.45) is 0. The molecule has 0 radical (unpaired) electrons. The fourth-order valence-electron chi connectivity index (χ4n) is 1.43. The first-order valence-corrected chi connectivity index (χ1v) is 5.40. The van der Waals surface area contributed by atoms with Gasteiger partial charge in [-0.25, -0.2) is 0 Å². The van der Waals surface area contributed by atoms with Gasteiger partial charge in [-0.3, -0.25) is 5.43 Å². The van der Waals surface area contributed by atoms with Crippen molar-refractivity contribution in [3.63, 3.8) is 0 Å².